The van der Waals surface area contributed by atoms with Crippen LogP contribution in [-0.2, 0) is 37.0 Å². The Bertz CT molecular complexity index is 1530. The maximum atomic E-state index is 14.3. The molecule has 4 amide bonds. The van der Waals surface area contributed by atoms with Gasteiger partial charge in [-0.1, -0.05) is 37.1 Å². The van der Waals surface area contributed by atoms with E-state index in [0.29, 0.717) is 43.2 Å². The Kier molecular flexibility index (Phi) is 10.4. The van der Waals surface area contributed by atoms with E-state index >= 15 is 0 Å². The number of carbonyl (C=O) groups is 5. The highest BCUT2D eigenvalue weighted by atomic mass is 19.4. The van der Waals surface area contributed by atoms with E-state index in [-0.39, 0.29) is 44.8 Å². The normalized spacial score (nSPS) is 28.1. The standard InChI is InChI=1S/C33H37F4N5O6/c34-24-9-6-7-20-16-41(18-23(20)24)31(47)48-22-13-26-27(43)15-32(30(46)39-19-38)14-21(32)8-4-2-1-3-5-10-25(29(45)42(26)17-22)40-28(44)11-12-33(35,36)37/h4,6-9,21-22,25-26H,1-3,5,10-18H2,(H,39,46)(H,40,44)/b8-4-/t21-,22-,25+,26?,32-/m1/s1. The molecule has 1 saturated carbocycles. The van der Waals surface area contributed by atoms with Crippen LogP contribution in [0.15, 0.2) is 30.4 Å². The second-order valence-corrected chi connectivity index (χ2v) is 13.0. The number of allylic oxidation sites excluding steroid dienone is 2. The summed E-state index contributed by atoms with van der Waals surface area (Å²) in [6.45, 7) is -0.178. The number of nitrogens with one attached hydrogen (secondary N) is 2. The highest BCUT2D eigenvalue weighted by Gasteiger charge is 2.60. The summed E-state index contributed by atoms with van der Waals surface area (Å²) in [4.78, 5) is 69.2. The van der Waals surface area contributed by atoms with Crippen LogP contribution in [0.2, 0.25) is 0 Å². The van der Waals surface area contributed by atoms with Crippen molar-refractivity contribution < 1.29 is 46.3 Å². The number of alkyl halides is 3. The Balaban J connectivity index is 1.38. The molecule has 1 aliphatic carbocycles. The minimum atomic E-state index is -4.57. The number of nitrogens with zero attached hydrogens (tertiary/aromatic N) is 3. The third kappa shape index (κ3) is 7.96. The molecule has 11 nitrogen and oxygen atoms in total. The lowest BCUT2D eigenvalue weighted by atomic mass is 9.91. The van der Waals surface area contributed by atoms with Gasteiger partial charge in [-0.2, -0.15) is 18.4 Å². The molecule has 2 fully saturated rings. The van der Waals surface area contributed by atoms with Gasteiger partial charge in [0.15, 0.2) is 12.0 Å². The largest absolute Gasteiger partial charge is 0.444 e. The zero-order valence-corrected chi connectivity index (χ0v) is 26.2. The van der Waals surface area contributed by atoms with E-state index in [1.807, 2.05) is 12.2 Å². The predicted molar refractivity (Wildman–Crippen MR) is 159 cm³/mol. The minimum absolute atomic E-state index is 0.0317. The van der Waals surface area contributed by atoms with Crippen LogP contribution < -0.4 is 10.6 Å². The Morgan fingerprint density at radius 2 is 1.92 bits per heavy atom. The second-order valence-electron chi connectivity index (χ2n) is 13.0. The van der Waals surface area contributed by atoms with Gasteiger partial charge in [0.05, 0.1) is 31.0 Å². The topological polar surface area (TPSA) is 149 Å². The molecular formula is C33H37F4N5O6. The first kappa shape index (κ1) is 34.8. The molecule has 1 aromatic rings. The van der Waals surface area contributed by atoms with Gasteiger partial charge in [-0.05, 0) is 43.2 Å². The molecule has 0 spiro atoms. The fourth-order valence-electron chi connectivity index (χ4n) is 6.92. The highest BCUT2D eigenvalue weighted by Crippen LogP contribution is 2.57. The molecule has 5 atom stereocenters. The molecule has 3 aliphatic heterocycles. The molecule has 0 bridgehead atoms. The quantitative estimate of drug-likeness (QED) is 0.206. The van der Waals surface area contributed by atoms with E-state index in [1.165, 1.54) is 21.9 Å². The smallest absolute Gasteiger partial charge is 0.410 e. The van der Waals surface area contributed by atoms with Crippen LogP contribution >= 0.6 is 0 Å². The fourth-order valence-corrected chi connectivity index (χ4v) is 6.92. The van der Waals surface area contributed by atoms with Crippen LogP contribution in [0.4, 0.5) is 22.4 Å². The summed E-state index contributed by atoms with van der Waals surface area (Å²) >= 11 is 0. The molecule has 0 radical (unpaired) electrons. The van der Waals surface area contributed by atoms with Crippen LogP contribution in [-0.4, -0.2) is 70.3 Å². The molecule has 3 heterocycles. The lowest BCUT2D eigenvalue weighted by Gasteiger charge is -2.29. The van der Waals surface area contributed by atoms with Crippen molar-refractivity contribution in [1.82, 2.24) is 20.4 Å². The molecule has 48 heavy (non-hydrogen) atoms. The van der Waals surface area contributed by atoms with Crippen molar-refractivity contribution in [2.24, 2.45) is 11.3 Å². The first-order valence-corrected chi connectivity index (χ1v) is 16.1. The Hall–Kier alpha value is -4.48. The molecule has 1 unspecified atom stereocenters. The third-order valence-electron chi connectivity index (χ3n) is 9.62. The zero-order chi connectivity index (χ0) is 34.6. The number of nitriles is 1. The van der Waals surface area contributed by atoms with Crippen molar-refractivity contribution >= 4 is 29.6 Å². The molecule has 5 rings (SSSR count). The molecule has 2 N–H and O–H groups in total. The number of carbonyl (C=O) groups excluding carboxylic acids is 5. The minimum Gasteiger partial charge on any atom is -0.444 e. The number of benzene rings is 1. The van der Waals surface area contributed by atoms with Gasteiger partial charge >= 0.3 is 12.3 Å². The van der Waals surface area contributed by atoms with E-state index < -0.39 is 78.0 Å². The van der Waals surface area contributed by atoms with Crippen molar-refractivity contribution in [3.63, 3.8) is 0 Å². The number of hydrogen-bond acceptors (Lipinski definition) is 7. The Morgan fingerprint density at radius 3 is 2.65 bits per heavy atom. The predicted octanol–water partition coefficient (Wildman–Crippen LogP) is 4.16. The summed E-state index contributed by atoms with van der Waals surface area (Å²) < 4.78 is 58.5. The van der Waals surface area contributed by atoms with Gasteiger partial charge in [0.2, 0.25) is 17.7 Å². The van der Waals surface area contributed by atoms with Crippen molar-refractivity contribution in [3.05, 3.63) is 47.3 Å². The summed E-state index contributed by atoms with van der Waals surface area (Å²) in [6.07, 6.45) is -0.794. The molecule has 4 aliphatic rings. The van der Waals surface area contributed by atoms with E-state index in [1.54, 1.807) is 12.3 Å². The number of hydrogen-bond donors (Lipinski definition) is 2. The number of amides is 4. The average molecular weight is 676 g/mol. The molecule has 0 aromatic heterocycles. The van der Waals surface area contributed by atoms with Gasteiger partial charge in [-0.25, -0.2) is 9.18 Å². The van der Waals surface area contributed by atoms with Crippen molar-refractivity contribution in [2.75, 3.05) is 6.54 Å². The number of halogens is 4. The molecular weight excluding hydrogens is 638 g/mol. The van der Waals surface area contributed by atoms with Crippen LogP contribution in [0.3, 0.4) is 0 Å². The summed E-state index contributed by atoms with van der Waals surface area (Å²) in [5.41, 5.74) is -0.227. The first-order chi connectivity index (χ1) is 22.8. The maximum absolute atomic E-state index is 14.3. The number of fused-ring (bicyclic) bond motifs is 3. The average Bonchev–Trinajstić information content (AvgIpc) is 3.33. The van der Waals surface area contributed by atoms with Gasteiger partial charge < -0.3 is 15.0 Å². The molecule has 258 valence electrons. The maximum Gasteiger partial charge on any atom is 0.410 e. The lowest BCUT2D eigenvalue weighted by Crippen LogP contribution is -2.52. The van der Waals surface area contributed by atoms with E-state index in [4.69, 9.17) is 10.00 Å². The van der Waals surface area contributed by atoms with Crippen LogP contribution in [0, 0.1) is 28.6 Å². The SMILES string of the molecule is N#CNC(=O)[C@]12CC(=O)C3C[C@@H](OC(=O)N4Cc5cccc(F)c5C4)CN3C(=O)[C@@H](NC(=O)CCC(F)(F)F)CCCCC/C=C\[C@@H]1C2. The number of Topliss-reactive ketones (excluding diaryl/α,β-unsaturated/α-hetero) is 1. The molecule has 1 aromatic carbocycles. The Labute approximate surface area is 274 Å². The van der Waals surface area contributed by atoms with Gasteiger partial charge in [0, 0.05) is 31.4 Å². The number of ether oxygens (including phenoxy) is 1. The highest BCUT2D eigenvalue weighted by molar-refractivity contribution is 5.98. The monoisotopic (exact) mass is 675 g/mol. The van der Waals surface area contributed by atoms with Gasteiger partial charge in [0.1, 0.15) is 18.0 Å². The van der Waals surface area contributed by atoms with E-state index in [0.717, 1.165) is 0 Å². The first-order valence-electron chi connectivity index (χ1n) is 16.1. The number of ketones is 1. The van der Waals surface area contributed by atoms with Crippen molar-refractivity contribution in [3.8, 4) is 6.19 Å². The second kappa shape index (κ2) is 14.3. The fraction of sp³-hybridized carbons (Fsp3) is 0.576. The summed E-state index contributed by atoms with van der Waals surface area (Å²) in [7, 11) is 0. The Morgan fingerprint density at radius 1 is 1.12 bits per heavy atom. The zero-order valence-electron chi connectivity index (χ0n) is 26.2. The summed E-state index contributed by atoms with van der Waals surface area (Å²) in [5, 5.41) is 13.7. The van der Waals surface area contributed by atoms with E-state index in [2.05, 4.69) is 10.6 Å². The van der Waals surface area contributed by atoms with Gasteiger partial charge in [-0.3, -0.25) is 29.4 Å². The number of rotatable bonds is 5. The van der Waals surface area contributed by atoms with Crippen LogP contribution in [0.25, 0.3) is 0 Å². The lowest BCUT2D eigenvalue weighted by molar-refractivity contribution is -0.146. The van der Waals surface area contributed by atoms with Crippen LogP contribution in [0.1, 0.15) is 75.3 Å². The van der Waals surface area contributed by atoms with Gasteiger partial charge in [0.25, 0.3) is 0 Å². The summed E-state index contributed by atoms with van der Waals surface area (Å²) in [5.74, 6) is -3.58. The van der Waals surface area contributed by atoms with Crippen molar-refractivity contribution in [2.45, 2.75) is 102 Å². The van der Waals surface area contributed by atoms with Crippen LogP contribution in [0.5, 0.6) is 0 Å². The summed E-state index contributed by atoms with van der Waals surface area (Å²) in [6, 6.07) is 2.09. The van der Waals surface area contributed by atoms with Gasteiger partial charge in [-0.15, -0.1) is 0 Å². The van der Waals surface area contributed by atoms with Crippen molar-refractivity contribution in [1.29, 1.82) is 5.26 Å². The third-order valence-corrected chi connectivity index (χ3v) is 9.62. The molecule has 1 saturated heterocycles. The molecule has 15 heteroatoms. The van der Waals surface area contributed by atoms with E-state index in [9.17, 15) is 41.5 Å².